The van der Waals surface area contributed by atoms with Gasteiger partial charge in [0, 0.05) is 25.6 Å². The zero-order valence-electron chi connectivity index (χ0n) is 17.8. The number of hydrogen-bond acceptors (Lipinski definition) is 5. The second kappa shape index (κ2) is 9.21. The molecule has 32 heavy (non-hydrogen) atoms. The maximum Gasteiger partial charge on any atom is 0.409 e. The van der Waals surface area contributed by atoms with Crippen LogP contribution in [0.5, 0.6) is 0 Å². The van der Waals surface area contributed by atoms with Gasteiger partial charge in [-0.05, 0) is 30.5 Å². The molecule has 4 rings (SSSR count). The van der Waals surface area contributed by atoms with Crippen LogP contribution in [0.2, 0.25) is 0 Å². The number of likely N-dealkylation sites (tertiary alicyclic amines) is 1. The van der Waals surface area contributed by atoms with Crippen LogP contribution < -0.4 is 5.32 Å². The molecule has 0 radical (unpaired) electrons. The summed E-state index contributed by atoms with van der Waals surface area (Å²) in [5.74, 6) is -1.29. The van der Waals surface area contributed by atoms with E-state index in [1.807, 2.05) is 30.3 Å². The van der Waals surface area contributed by atoms with E-state index < -0.39 is 17.9 Å². The number of ether oxygens (including phenoxy) is 1. The number of piperidine rings is 1. The van der Waals surface area contributed by atoms with E-state index in [1.54, 1.807) is 29.2 Å². The number of nitrogens with zero attached hydrogens (tertiary/aromatic N) is 2. The molecule has 1 atom stereocenters. The third kappa shape index (κ3) is 4.21. The Hall–Kier alpha value is -3.68. The number of fused-ring (bicyclic) bond motifs is 1. The van der Waals surface area contributed by atoms with E-state index in [9.17, 15) is 19.2 Å². The molecular weight excluding hydrogens is 410 g/mol. The molecule has 2 aliphatic rings. The van der Waals surface area contributed by atoms with Crippen molar-refractivity contribution in [2.24, 2.45) is 0 Å². The number of imide groups is 1. The number of rotatable bonds is 5. The van der Waals surface area contributed by atoms with Crippen molar-refractivity contribution >= 4 is 23.8 Å². The van der Waals surface area contributed by atoms with Crippen LogP contribution in [0.15, 0.2) is 54.6 Å². The number of methoxy groups -OCH3 is 1. The summed E-state index contributed by atoms with van der Waals surface area (Å²) in [5, 5.41) is 3.00. The van der Waals surface area contributed by atoms with Crippen LogP contribution in [0.25, 0.3) is 0 Å². The number of carbonyl (C=O) groups is 4. The molecule has 2 aliphatic heterocycles. The van der Waals surface area contributed by atoms with Crippen molar-refractivity contribution in [2.45, 2.75) is 31.3 Å². The summed E-state index contributed by atoms with van der Waals surface area (Å²) in [6.07, 6.45) is 0.976. The Labute approximate surface area is 186 Å². The monoisotopic (exact) mass is 435 g/mol. The highest BCUT2D eigenvalue weighted by Crippen LogP contribution is 2.26. The van der Waals surface area contributed by atoms with Crippen molar-refractivity contribution in [2.75, 3.05) is 20.2 Å². The maximum absolute atomic E-state index is 13.4. The fourth-order valence-corrected chi connectivity index (χ4v) is 4.26. The summed E-state index contributed by atoms with van der Waals surface area (Å²) in [6.45, 7) is 0.933. The minimum atomic E-state index is -0.969. The summed E-state index contributed by atoms with van der Waals surface area (Å²) >= 11 is 0. The van der Waals surface area contributed by atoms with Crippen LogP contribution in [-0.2, 0) is 16.0 Å². The average Bonchev–Trinajstić information content (AvgIpc) is 3.08. The maximum atomic E-state index is 13.4. The first kappa shape index (κ1) is 21.5. The molecule has 2 aromatic carbocycles. The minimum Gasteiger partial charge on any atom is -0.453 e. The van der Waals surface area contributed by atoms with Gasteiger partial charge in [-0.15, -0.1) is 0 Å². The van der Waals surface area contributed by atoms with E-state index in [1.165, 1.54) is 7.11 Å². The van der Waals surface area contributed by atoms with E-state index in [2.05, 4.69) is 5.32 Å². The minimum absolute atomic E-state index is 0.156. The molecule has 0 spiro atoms. The van der Waals surface area contributed by atoms with Gasteiger partial charge in [0.15, 0.2) is 0 Å². The molecule has 1 unspecified atom stereocenters. The SMILES string of the molecule is COC(=O)N1CCC(NC(=O)C(Cc2ccccc2)N2C(=O)c3ccccc3C2=O)CC1. The summed E-state index contributed by atoms with van der Waals surface area (Å²) in [5.41, 5.74) is 1.48. The van der Waals surface area contributed by atoms with Gasteiger partial charge in [-0.3, -0.25) is 19.3 Å². The zero-order valence-corrected chi connectivity index (χ0v) is 17.8. The predicted molar refractivity (Wildman–Crippen MR) is 116 cm³/mol. The van der Waals surface area contributed by atoms with E-state index >= 15 is 0 Å². The van der Waals surface area contributed by atoms with Gasteiger partial charge in [-0.25, -0.2) is 4.79 Å². The Balaban J connectivity index is 1.53. The molecule has 8 nitrogen and oxygen atoms in total. The fraction of sp³-hybridized carbons (Fsp3) is 0.333. The topological polar surface area (TPSA) is 96.0 Å². The van der Waals surface area contributed by atoms with Crippen molar-refractivity contribution in [1.29, 1.82) is 0 Å². The Kier molecular flexibility index (Phi) is 6.20. The van der Waals surface area contributed by atoms with E-state index in [-0.39, 0.29) is 24.5 Å². The first-order valence-corrected chi connectivity index (χ1v) is 10.6. The molecule has 0 bridgehead atoms. The highest BCUT2D eigenvalue weighted by molar-refractivity contribution is 6.22. The second-order valence-electron chi connectivity index (χ2n) is 7.97. The molecule has 2 heterocycles. The van der Waals surface area contributed by atoms with Crippen LogP contribution >= 0.6 is 0 Å². The lowest BCUT2D eigenvalue weighted by molar-refractivity contribution is -0.126. The van der Waals surface area contributed by atoms with Crippen LogP contribution in [0.3, 0.4) is 0 Å². The van der Waals surface area contributed by atoms with Gasteiger partial charge in [0.05, 0.1) is 18.2 Å². The fourth-order valence-electron chi connectivity index (χ4n) is 4.26. The van der Waals surface area contributed by atoms with Gasteiger partial charge in [0.25, 0.3) is 11.8 Å². The largest absolute Gasteiger partial charge is 0.453 e. The predicted octanol–water partition coefficient (Wildman–Crippen LogP) is 2.24. The number of hydrogen-bond donors (Lipinski definition) is 1. The first-order chi connectivity index (χ1) is 15.5. The molecule has 166 valence electrons. The van der Waals surface area contributed by atoms with Gasteiger partial charge in [0.2, 0.25) is 5.91 Å². The van der Waals surface area contributed by atoms with Crippen molar-refractivity contribution in [3.8, 4) is 0 Å². The second-order valence-corrected chi connectivity index (χ2v) is 7.97. The summed E-state index contributed by atoms with van der Waals surface area (Å²) in [6, 6.07) is 14.8. The molecule has 0 aromatic heterocycles. The van der Waals surface area contributed by atoms with E-state index in [4.69, 9.17) is 4.74 Å². The Morgan fingerprint density at radius 2 is 1.53 bits per heavy atom. The molecule has 2 aromatic rings. The molecule has 1 fully saturated rings. The summed E-state index contributed by atoms with van der Waals surface area (Å²) in [4.78, 5) is 53.8. The zero-order chi connectivity index (χ0) is 22.7. The van der Waals surface area contributed by atoms with Gasteiger partial charge >= 0.3 is 6.09 Å². The highest BCUT2D eigenvalue weighted by Gasteiger charge is 2.43. The Bertz CT molecular complexity index is 996. The Morgan fingerprint density at radius 3 is 2.09 bits per heavy atom. The third-order valence-electron chi connectivity index (χ3n) is 5.99. The number of benzene rings is 2. The van der Waals surface area contributed by atoms with Gasteiger partial charge in [0.1, 0.15) is 6.04 Å². The van der Waals surface area contributed by atoms with Crippen molar-refractivity contribution in [3.05, 3.63) is 71.3 Å². The van der Waals surface area contributed by atoms with E-state index in [0.717, 1.165) is 10.5 Å². The van der Waals surface area contributed by atoms with Crippen molar-refractivity contribution in [3.63, 3.8) is 0 Å². The van der Waals surface area contributed by atoms with E-state index in [0.29, 0.717) is 37.1 Å². The highest BCUT2D eigenvalue weighted by atomic mass is 16.5. The van der Waals surface area contributed by atoms with Crippen LogP contribution in [-0.4, -0.2) is 65.9 Å². The lowest BCUT2D eigenvalue weighted by Gasteiger charge is -2.33. The standard InChI is InChI=1S/C24H25N3O5/c1-32-24(31)26-13-11-17(12-14-26)25-21(28)20(15-16-7-3-2-4-8-16)27-22(29)18-9-5-6-10-19(18)23(27)30/h2-10,17,20H,11-15H2,1H3,(H,25,28). The van der Waals surface area contributed by atoms with Crippen molar-refractivity contribution < 1.29 is 23.9 Å². The summed E-state index contributed by atoms with van der Waals surface area (Å²) < 4.78 is 4.75. The molecule has 0 aliphatic carbocycles. The molecule has 1 saturated heterocycles. The number of amides is 4. The average molecular weight is 435 g/mol. The first-order valence-electron chi connectivity index (χ1n) is 10.6. The molecular formula is C24H25N3O5. The van der Waals surface area contributed by atoms with Crippen LogP contribution in [0, 0.1) is 0 Å². The van der Waals surface area contributed by atoms with Gasteiger partial charge in [-0.2, -0.15) is 0 Å². The third-order valence-corrected chi connectivity index (χ3v) is 5.99. The molecule has 1 N–H and O–H groups in total. The van der Waals surface area contributed by atoms with Crippen LogP contribution in [0.1, 0.15) is 39.1 Å². The number of carbonyl (C=O) groups excluding carboxylic acids is 4. The summed E-state index contributed by atoms with van der Waals surface area (Å²) in [7, 11) is 1.34. The lowest BCUT2D eigenvalue weighted by Crippen LogP contribution is -2.54. The Morgan fingerprint density at radius 1 is 0.969 bits per heavy atom. The lowest BCUT2D eigenvalue weighted by atomic mass is 10.0. The normalized spacial score (nSPS) is 17.2. The van der Waals surface area contributed by atoms with Crippen molar-refractivity contribution in [1.82, 2.24) is 15.1 Å². The van der Waals surface area contributed by atoms with Crippen LogP contribution in [0.4, 0.5) is 4.79 Å². The number of nitrogens with one attached hydrogen (secondary N) is 1. The smallest absolute Gasteiger partial charge is 0.409 e. The molecule has 0 saturated carbocycles. The molecule has 8 heteroatoms. The van der Waals surface area contributed by atoms with Gasteiger partial charge < -0.3 is 15.0 Å². The quantitative estimate of drug-likeness (QED) is 0.727. The van der Waals surface area contributed by atoms with Gasteiger partial charge in [-0.1, -0.05) is 42.5 Å². The molecule has 4 amide bonds.